The van der Waals surface area contributed by atoms with Crippen LogP contribution in [0.25, 0.3) is 16.8 Å². The van der Waals surface area contributed by atoms with Crippen molar-refractivity contribution in [3.05, 3.63) is 96.1 Å². The van der Waals surface area contributed by atoms with Crippen LogP contribution < -0.4 is 21.4 Å². The highest BCUT2D eigenvalue weighted by molar-refractivity contribution is 5.92. The highest BCUT2D eigenvalue weighted by Crippen LogP contribution is 2.23. The third-order valence-electron chi connectivity index (χ3n) is 5.64. The summed E-state index contributed by atoms with van der Waals surface area (Å²) in [6.45, 7) is 8.24. The number of amides is 2. The van der Waals surface area contributed by atoms with E-state index in [9.17, 15) is 14.7 Å². The third-order valence-corrected chi connectivity index (χ3v) is 5.64. The molecule has 3 aromatic rings. The van der Waals surface area contributed by atoms with Gasteiger partial charge >= 0.3 is 0 Å². The van der Waals surface area contributed by atoms with Gasteiger partial charge < -0.3 is 21.1 Å². The number of benzene rings is 3. The average molecular weight is 489 g/mol. The van der Waals surface area contributed by atoms with Crippen LogP contribution >= 0.6 is 0 Å². The van der Waals surface area contributed by atoms with Gasteiger partial charge in [-0.3, -0.25) is 14.8 Å². The standard InChI is InChI=1S/C28H32N4O4/c1-18-5-4-6-21(15-18)16-29-17-26(34)31-25-13-11-24(12-14-25)23-9-7-22(8-10-23)19(2)30-27(20(3)33)28(35)32-36/h4-15,20,27,29-30,33,36H,2,16-17H2,1,3H3,(H,31,34)(H,32,35)/t20-,27+/m1/s1. The number of aliphatic hydroxyl groups excluding tert-OH is 1. The van der Waals surface area contributed by atoms with Crippen molar-refractivity contribution < 1.29 is 19.9 Å². The van der Waals surface area contributed by atoms with E-state index in [1.54, 1.807) is 0 Å². The molecule has 0 saturated carbocycles. The Hall–Kier alpha value is -3.98. The molecule has 0 fully saturated rings. The lowest BCUT2D eigenvalue weighted by Gasteiger charge is -2.22. The Kier molecular flexibility index (Phi) is 9.35. The SMILES string of the molecule is C=C(N[C@H](C(=O)NO)[C@@H](C)O)c1ccc(-c2ccc(NC(=O)CNCc3cccc(C)c3)cc2)cc1. The van der Waals surface area contributed by atoms with Crippen molar-refractivity contribution in [2.24, 2.45) is 0 Å². The number of hydrogen-bond acceptors (Lipinski definition) is 6. The minimum Gasteiger partial charge on any atom is -0.391 e. The largest absolute Gasteiger partial charge is 0.391 e. The molecule has 188 valence electrons. The molecule has 0 aliphatic heterocycles. The Morgan fingerprint density at radius 2 is 1.61 bits per heavy atom. The highest BCUT2D eigenvalue weighted by atomic mass is 16.5. The molecule has 0 aromatic heterocycles. The van der Waals surface area contributed by atoms with Gasteiger partial charge in [0.25, 0.3) is 5.91 Å². The molecule has 0 spiro atoms. The van der Waals surface area contributed by atoms with E-state index in [-0.39, 0.29) is 12.5 Å². The fraction of sp³-hybridized carbons (Fsp3) is 0.214. The van der Waals surface area contributed by atoms with Crippen molar-refractivity contribution in [2.75, 3.05) is 11.9 Å². The Morgan fingerprint density at radius 1 is 0.972 bits per heavy atom. The van der Waals surface area contributed by atoms with Crippen LogP contribution in [0.2, 0.25) is 0 Å². The zero-order valence-corrected chi connectivity index (χ0v) is 20.4. The summed E-state index contributed by atoms with van der Waals surface area (Å²) in [6, 6.07) is 22.2. The highest BCUT2D eigenvalue weighted by Gasteiger charge is 2.23. The van der Waals surface area contributed by atoms with E-state index in [4.69, 9.17) is 5.21 Å². The van der Waals surface area contributed by atoms with Crippen LogP contribution in [0.1, 0.15) is 23.6 Å². The first kappa shape index (κ1) is 26.6. The Bertz CT molecular complexity index is 1190. The number of rotatable bonds is 11. The van der Waals surface area contributed by atoms with Crippen LogP contribution in [-0.4, -0.2) is 40.8 Å². The zero-order valence-electron chi connectivity index (χ0n) is 20.4. The average Bonchev–Trinajstić information content (AvgIpc) is 2.87. The molecule has 2 amide bonds. The van der Waals surface area contributed by atoms with Crippen molar-refractivity contribution >= 4 is 23.2 Å². The molecule has 8 heteroatoms. The normalized spacial score (nSPS) is 12.3. The lowest BCUT2D eigenvalue weighted by atomic mass is 10.0. The van der Waals surface area contributed by atoms with E-state index >= 15 is 0 Å². The van der Waals surface area contributed by atoms with Gasteiger partial charge in [-0.1, -0.05) is 72.8 Å². The number of aliphatic hydroxyl groups is 1. The Morgan fingerprint density at radius 3 is 2.19 bits per heavy atom. The quantitative estimate of drug-likeness (QED) is 0.182. The molecule has 0 radical (unpaired) electrons. The van der Waals surface area contributed by atoms with Crippen LogP contribution in [0.4, 0.5) is 5.69 Å². The lowest BCUT2D eigenvalue weighted by Crippen LogP contribution is -2.48. The molecular weight excluding hydrogens is 456 g/mol. The monoisotopic (exact) mass is 488 g/mol. The van der Waals surface area contributed by atoms with Crippen LogP contribution in [0.15, 0.2) is 79.4 Å². The zero-order chi connectivity index (χ0) is 26.1. The van der Waals surface area contributed by atoms with Crippen molar-refractivity contribution in [1.29, 1.82) is 0 Å². The van der Waals surface area contributed by atoms with Crippen LogP contribution in [0.5, 0.6) is 0 Å². The second kappa shape index (κ2) is 12.6. The molecular formula is C28H32N4O4. The summed E-state index contributed by atoms with van der Waals surface area (Å²) in [6.07, 6.45) is -1.03. The number of aryl methyl sites for hydroxylation is 1. The van der Waals surface area contributed by atoms with E-state index in [0.29, 0.717) is 17.9 Å². The molecule has 3 aromatic carbocycles. The van der Waals surface area contributed by atoms with Gasteiger partial charge in [-0.15, -0.1) is 0 Å². The molecule has 0 aliphatic rings. The first-order valence-electron chi connectivity index (χ1n) is 11.6. The van der Waals surface area contributed by atoms with E-state index in [0.717, 1.165) is 22.3 Å². The predicted octanol–water partition coefficient (Wildman–Crippen LogP) is 3.21. The fourth-order valence-electron chi connectivity index (χ4n) is 3.70. The van der Waals surface area contributed by atoms with Crippen molar-refractivity contribution in [1.82, 2.24) is 16.1 Å². The molecule has 0 aliphatic carbocycles. The summed E-state index contributed by atoms with van der Waals surface area (Å²) in [4.78, 5) is 24.0. The van der Waals surface area contributed by atoms with Gasteiger partial charge in [-0.05, 0) is 48.2 Å². The summed E-state index contributed by atoms with van der Waals surface area (Å²) < 4.78 is 0. The summed E-state index contributed by atoms with van der Waals surface area (Å²) in [5.74, 6) is -0.867. The summed E-state index contributed by atoms with van der Waals surface area (Å²) in [5, 5.41) is 27.5. The molecule has 0 unspecified atom stereocenters. The predicted molar refractivity (Wildman–Crippen MR) is 141 cm³/mol. The molecule has 0 saturated heterocycles. The second-order valence-electron chi connectivity index (χ2n) is 8.61. The number of hydrogen-bond donors (Lipinski definition) is 6. The summed E-state index contributed by atoms with van der Waals surface area (Å²) >= 11 is 0. The minimum absolute atomic E-state index is 0.115. The van der Waals surface area contributed by atoms with Crippen molar-refractivity contribution in [3.63, 3.8) is 0 Å². The van der Waals surface area contributed by atoms with E-state index in [2.05, 4.69) is 28.6 Å². The lowest BCUT2D eigenvalue weighted by molar-refractivity contribution is -0.133. The van der Waals surface area contributed by atoms with Gasteiger partial charge in [0.05, 0.1) is 12.6 Å². The molecule has 3 rings (SSSR count). The van der Waals surface area contributed by atoms with E-state index < -0.39 is 18.1 Å². The van der Waals surface area contributed by atoms with E-state index in [1.807, 2.05) is 73.7 Å². The second-order valence-corrected chi connectivity index (χ2v) is 8.61. The Labute approximate surface area is 211 Å². The van der Waals surface area contributed by atoms with Crippen LogP contribution in [-0.2, 0) is 16.1 Å². The number of nitrogens with one attached hydrogen (secondary N) is 4. The van der Waals surface area contributed by atoms with Crippen LogP contribution in [0, 0.1) is 6.92 Å². The van der Waals surface area contributed by atoms with E-state index in [1.165, 1.54) is 18.0 Å². The molecule has 6 N–H and O–H groups in total. The minimum atomic E-state index is -1.04. The number of carbonyl (C=O) groups excluding carboxylic acids is 2. The summed E-state index contributed by atoms with van der Waals surface area (Å²) in [5.41, 5.74) is 7.67. The number of carbonyl (C=O) groups is 2. The molecule has 36 heavy (non-hydrogen) atoms. The molecule has 2 atom stereocenters. The number of anilines is 1. The van der Waals surface area contributed by atoms with Gasteiger partial charge in [0, 0.05) is 17.9 Å². The molecule has 8 nitrogen and oxygen atoms in total. The summed E-state index contributed by atoms with van der Waals surface area (Å²) in [7, 11) is 0. The van der Waals surface area contributed by atoms with Gasteiger partial charge in [-0.25, -0.2) is 5.48 Å². The van der Waals surface area contributed by atoms with Gasteiger partial charge in [0.2, 0.25) is 5.91 Å². The maximum absolute atomic E-state index is 12.3. The van der Waals surface area contributed by atoms with Crippen LogP contribution in [0.3, 0.4) is 0 Å². The smallest absolute Gasteiger partial charge is 0.268 e. The number of hydroxylamine groups is 1. The first-order chi connectivity index (χ1) is 17.3. The third kappa shape index (κ3) is 7.51. The Balaban J connectivity index is 1.53. The maximum Gasteiger partial charge on any atom is 0.268 e. The first-order valence-corrected chi connectivity index (χ1v) is 11.6. The van der Waals surface area contributed by atoms with Gasteiger partial charge in [-0.2, -0.15) is 0 Å². The fourth-order valence-corrected chi connectivity index (χ4v) is 3.70. The van der Waals surface area contributed by atoms with Gasteiger partial charge in [0.15, 0.2) is 0 Å². The molecule has 0 heterocycles. The van der Waals surface area contributed by atoms with Crippen molar-refractivity contribution in [2.45, 2.75) is 32.5 Å². The van der Waals surface area contributed by atoms with Gasteiger partial charge in [0.1, 0.15) is 6.04 Å². The molecule has 0 bridgehead atoms. The van der Waals surface area contributed by atoms with Crippen molar-refractivity contribution in [3.8, 4) is 11.1 Å². The topological polar surface area (TPSA) is 123 Å². The maximum atomic E-state index is 12.3.